The van der Waals surface area contributed by atoms with Crippen LogP contribution in [-0.2, 0) is 0 Å². The normalized spacial score (nSPS) is 15.0. The number of quaternary nitrogens is 1. The minimum Gasteiger partial charge on any atom is -0.359 e. The molecule has 3 aromatic carbocycles. The molecule has 0 aliphatic carbocycles. The zero-order chi connectivity index (χ0) is 19.7. The fourth-order valence-electron chi connectivity index (χ4n) is 3.64. The minimum absolute atomic E-state index is 0.181. The molecule has 28 heavy (non-hydrogen) atoms. The Balaban J connectivity index is 1.56. The Bertz CT molecular complexity index is 1030. The third-order valence-corrected chi connectivity index (χ3v) is 5.91. The van der Waals surface area contributed by atoms with E-state index >= 15 is 0 Å². The van der Waals surface area contributed by atoms with Crippen molar-refractivity contribution in [3.05, 3.63) is 70.2 Å². The summed E-state index contributed by atoms with van der Waals surface area (Å²) in [6.07, 6.45) is 0. The van der Waals surface area contributed by atoms with E-state index in [1.54, 1.807) is 6.07 Å². The van der Waals surface area contributed by atoms with E-state index in [1.165, 1.54) is 4.90 Å². The predicted molar refractivity (Wildman–Crippen MR) is 117 cm³/mol. The summed E-state index contributed by atoms with van der Waals surface area (Å²) in [6, 6.07) is 16.8. The lowest BCUT2D eigenvalue weighted by atomic mass is 10.0. The first kappa shape index (κ1) is 19.1. The van der Waals surface area contributed by atoms with Gasteiger partial charge in [-0.2, -0.15) is 0 Å². The second-order valence-electron chi connectivity index (χ2n) is 7.20. The molecule has 0 spiro atoms. The number of carbonyl (C=O) groups is 1. The summed E-state index contributed by atoms with van der Waals surface area (Å²) in [6.45, 7) is 4.15. The van der Waals surface area contributed by atoms with Crippen LogP contribution >= 0.6 is 23.2 Å². The number of likely N-dealkylation sites (N-methyl/N-ethyl adjacent to an activating group) is 1. The van der Waals surface area contributed by atoms with Crippen LogP contribution in [0.2, 0.25) is 10.0 Å². The third-order valence-electron chi connectivity index (χ3n) is 5.28. The van der Waals surface area contributed by atoms with Crippen molar-refractivity contribution < 1.29 is 9.69 Å². The number of nitrogens with zero attached hydrogens (tertiary/aromatic N) is 1. The molecule has 0 aromatic heterocycles. The minimum atomic E-state index is -0.181. The van der Waals surface area contributed by atoms with Gasteiger partial charge in [0.15, 0.2) is 0 Å². The zero-order valence-corrected chi connectivity index (χ0v) is 17.1. The van der Waals surface area contributed by atoms with Gasteiger partial charge in [-0.25, -0.2) is 0 Å². The molecule has 0 unspecified atom stereocenters. The fourth-order valence-corrected chi connectivity index (χ4v) is 4.18. The van der Waals surface area contributed by atoms with Gasteiger partial charge in [-0.1, -0.05) is 47.5 Å². The van der Waals surface area contributed by atoms with Crippen molar-refractivity contribution in [2.24, 2.45) is 0 Å². The molecule has 3 aromatic rings. The van der Waals surface area contributed by atoms with Gasteiger partial charge in [-0.15, -0.1) is 0 Å². The maximum absolute atomic E-state index is 12.9. The molecular formula is C22H22Cl2N3O+. The smallest absolute Gasteiger partial charge is 0.256 e. The molecule has 0 atom stereocenters. The molecular weight excluding hydrogens is 393 g/mol. The Kier molecular flexibility index (Phi) is 5.44. The lowest BCUT2D eigenvalue weighted by Crippen LogP contribution is -3.12. The third kappa shape index (κ3) is 3.81. The maximum Gasteiger partial charge on any atom is 0.256 e. The Morgan fingerprint density at radius 3 is 2.43 bits per heavy atom. The molecule has 2 N–H and O–H groups in total. The number of amides is 1. The lowest BCUT2D eigenvalue weighted by molar-refractivity contribution is -0.880. The van der Waals surface area contributed by atoms with Gasteiger partial charge in [0.25, 0.3) is 5.91 Å². The van der Waals surface area contributed by atoms with Gasteiger partial charge in [-0.05, 0) is 35.7 Å². The molecule has 1 aliphatic heterocycles. The molecule has 0 saturated carbocycles. The average Bonchev–Trinajstić information content (AvgIpc) is 2.69. The molecule has 1 saturated heterocycles. The van der Waals surface area contributed by atoms with Crippen molar-refractivity contribution in [2.75, 3.05) is 43.4 Å². The summed E-state index contributed by atoms with van der Waals surface area (Å²) in [4.78, 5) is 16.7. The van der Waals surface area contributed by atoms with Gasteiger partial charge < -0.3 is 15.1 Å². The number of hydrogen-bond donors (Lipinski definition) is 2. The molecule has 144 valence electrons. The maximum atomic E-state index is 12.9. The quantitative estimate of drug-likeness (QED) is 0.684. The lowest BCUT2D eigenvalue weighted by Gasteiger charge is -2.32. The number of fused-ring (bicyclic) bond motifs is 1. The number of piperazine rings is 1. The van der Waals surface area contributed by atoms with Gasteiger partial charge >= 0.3 is 0 Å². The van der Waals surface area contributed by atoms with Crippen LogP contribution in [0.15, 0.2) is 54.6 Å². The van der Waals surface area contributed by atoms with Crippen LogP contribution in [-0.4, -0.2) is 39.1 Å². The van der Waals surface area contributed by atoms with Crippen LogP contribution < -0.4 is 15.1 Å². The van der Waals surface area contributed by atoms with E-state index in [2.05, 4.69) is 17.3 Å². The van der Waals surface area contributed by atoms with Crippen molar-refractivity contribution >= 4 is 51.3 Å². The monoisotopic (exact) mass is 414 g/mol. The van der Waals surface area contributed by atoms with Gasteiger partial charge in [0, 0.05) is 21.7 Å². The number of nitrogens with one attached hydrogen (secondary N) is 2. The summed E-state index contributed by atoms with van der Waals surface area (Å²) < 4.78 is 0. The molecule has 0 radical (unpaired) electrons. The van der Waals surface area contributed by atoms with E-state index in [9.17, 15) is 4.79 Å². The topological polar surface area (TPSA) is 36.8 Å². The summed E-state index contributed by atoms with van der Waals surface area (Å²) in [7, 11) is 2.21. The Labute approximate surface area is 174 Å². The van der Waals surface area contributed by atoms with Crippen LogP contribution in [0.1, 0.15) is 10.4 Å². The Morgan fingerprint density at radius 2 is 1.68 bits per heavy atom. The van der Waals surface area contributed by atoms with Crippen LogP contribution in [0, 0.1) is 0 Å². The van der Waals surface area contributed by atoms with E-state index in [4.69, 9.17) is 23.2 Å². The van der Waals surface area contributed by atoms with Crippen molar-refractivity contribution in [3.8, 4) is 0 Å². The number of anilines is 2. The number of benzene rings is 3. The van der Waals surface area contributed by atoms with E-state index in [1.807, 2.05) is 48.5 Å². The molecule has 4 nitrogen and oxygen atoms in total. The molecule has 0 bridgehead atoms. The van der Waals surface area contributed by atoms with Gasteiger partial charge in [0.1, 0.15) is 0 Å². The Morgan fingerprint density at radius 1 is 0.964 bits per heavy atom. The highest BCUT2D eigenvalue weighted by Crippen LogP contribution is 2.30. The molecule has 1 fully saturated rings. The van der Waals surface area contributed by atoms with Crippen molar-refractivity contribution in [2.45, 2.75) is 0 Å². The average molecular weight is 415 g/mol. The van der Waals surface area contributed by atoms with Crippen molar-refractivity contribution in [1.82, 2.24) is 0 Å². The molecule has 1 aliphatic rings. The first-order valence-electron chi connectivity index (χ1n) is 9.37. The molecule has 6 heteroatoms. The first-order chi connectivity index (χ1) is 13.5. The largest absolute Gasteiger partial charge is 0.359 e. The summed E-state index contributed by atoms with van der Waals surface area (Å²) in [5.41, 5.74) is 2.28. The van der Waals surface area contributed by atoms with Crippen LogP contribution in [0.3, 0.4) is 0 Å². The second-order valence-corrected chi connectivity index (χ2v) is 8.02. The van der Waals surface area contributed by atoms with Gasteiger partial charge in [-0.3, -0.25) is 4.79 Å². The predicted octanol–water partition coefficient (Wildman–Crippen LogP) is 3.73. The second kappa shape index (κ2) is 8.00. The number of halogens is 2. The van der Waals surface area contributed by atoms with E-state index < -0.39 is 0 Å². The summed E-state index contributed by atoms with van der Waals surface area (Å²) in [5, 5.41) is 5.94. The highest BCUT2D eigenvalue weighted by atomic mass is 35.5. The molecule has 4 rings (SSSR count). The van der Waals surface area contributed by atoms with Crippen LogP contribution in [0.4, 0.5) is 11.4 Å². The van der Waals surface area contributed by atoms with E-state index in [0.717, 1.165) is 42.6 Å². The van der Waals surface area contributed by atoms with Gasteiger partial charge in [0.2, 0.25) is 0 Å². The number of carbonyl (C=O) groups excluding carboxylic acids is 1. The van der Waals surface area contributed by atoms with Crippen molar-refractivity contribution in [3.63, 3.8) is 0 Å². The van der Waals surface area contributed by atoms with Crippen LogP contribution in [0.5, 0.6) is 0 Å². The van der Waals surface area contributed by atoms with Gasteiger partial charge in [0.05, 0.1) is 43.9 Å². The highest BCUT2D eigenvalue weighted by molar-refractivity contribution is 6.36. The highest BCUT2D eigenvalue weighted by Gasteiger charge is 2.19. The summed E-state index contributed by atoms with van der Waals surface area (Å²) in [5.74, 6) is -0.181. The zero-order valence-electron chi connectivity index (χ0n) is 15.6. The molecule has 1 heterocycles. The van der Waals surface area contributed by atoms with Crippen molar-refractivity contribution in [1.29, 1.82) is 0 Å². The molecule has 1 amide bonds. The Hall–Kier alpha value is -2.27. The van der Waals surface area contributed by atoms with Crippen LogP contribution in [0.25, 0.3) is 10.8 Å². The summed E-state index contributed by atoms with van der Waals surface area (Å²) >= 11 is 12.8. The SMILES string of the molecule is C[NH+]1CCN(c2ccc(NC(=O)c3cccc4c(Cl)cccc34)cc2Cl)CC1. The number of hydrogen-bond acceptors (Lipinski definition) is 2. The van der Waals surface area contributed by atoms with E-state index in [-0.39, 0.29) is 5.91 Å². The first-order valence-corrected chi connectivity index (χ1v) is 10.1. The standard InChI is InChI=1S/C22H21Cl2N3O/c1-26-10-12-27(13-11-26)21-9-8-15(14-20(21)24)25-22(28)18-6-2-5-17-16(18)4-3-7-19(17)23/h2-9,14H,10-13H2,1H3,(H,25,28)/p+1. The number of rotatable bonds is 3. The van der Waals surface area contributed by atoms with E-state index in [0.29, 0.717) is 21.3 Å². The fraction of sp³-hybridized carbons (Fsp3) is 0.227.